The van der Waals surface area contributed by atoms with Crippen LogP contribution in [0.25, 0.3) is 22.2 Å². The average Bonchev–Trinajstić information content (AvgIpc) is 3.23. The number of aryl methyl sites for hydroxylation is 2. The van der Waals surface area contributed by atoms with Gasteiger partial charge in [-0.3, -0.25) is 0 Å². The van der Waals surface area contributed by atoms with E-state index >= 15 is 0 Å². The number of unbranched alkanes of at least 4 members (excludes halogenated alkanes) is 1. The standard InChI is InChI=1S/C24H25N3O2/c1-3-4-9-23-25-21-15-26(2)16-22(21)27(23)14-17-10-12-18(13-11-17)19-7-5-6-8-20(19)24(28)29/h5-8,10-13,15-16H,3-4,9,14H2,1-2H3,(H,28,29). The lowest BCUT2D eigenvalue weighted by Crippen LogP contribution is -2.06. The van der Waals surface area contributed by atoms with Crippen molar-refractivity contribution in [3.05, 3.63) is 77.9 Å². The fourth-order valence-corrected chi connectivity index (χ4v) is 3.78. The number of imidazole rings is 1. The van der Waals surface area contributed by atoms with E-state index in [4.69, 9.17) is 4.98 Å². The second-order valence-corrected chi connectivity index (χ2v) is 7.46. The molecule has 2 aromatic carbocycles. The summed E-state index contributed by atoms with van der Waals surface area (Å²) in [5, 5.41) is 9.44. The van der Waals surface area contributed by atoms with Crippen molar-refractivity contribution in [2.24, 2.45) is 7.05 Å². The van der Waals surface area contributed by atoms with Gasteiger partial charge in [0.05, 0.1) is 11.1 Å². The van der Waals surface area contributed by atoms with E-state index < -0.39 is 5.97 Å². The Balaban J connectivity index is 1.65. The molecule has 4 rings (SSSR count). The summed E-state index contributed by atoms with van der Waals surface area (Å²) in [6, 6.07) is 15.3. The predicted octanol–water partition coefficient (Wildman–Crippen LogP) is 5.13. The molecule has 0 saturated carbocycles. The third kappa shape index (κ3) is 3.81. The maximum Gasteiger partial charge on any atom is 0.336 e. The van der Waals surface area contributed by atoms with Crippen LogP contribution in [-0.4, -0.2) is 25.2 Å². The second-order valence-electron chi connectivity index (χ2n) is 7.46. The number of aromatic nitrogens is 3. The minimum atomic E-state index is -0.907. The summed E-state index contributed by atoms with van der Waals surface area (Å²) >= 11 is 0. The SMILES string of the molecule is CCCCc1nc2cn(C)cc2n1Cc1ccc(-c2ccccc2C(=O)O)cc1. The van der Waals surface area contributed by atoms with Crippen LogP contribution in [0.2, 0.25) is 0 Å². The van der Waals surface area contributed by atoms with Gasteiger partial charge < -0.3 is 14.2 Å². The van der Waals surface area contributed by atoms with Gasteiger partial charge in [-0.25, -0.2) is 9.78 Å². The second kappa shape index (κ2) is 7.95. The molecule has 29 heavy (non-hydrogen) atoms. The Hall–Kier alpha value is -3.34. The summed E-state index contributed by atoms with van der Waals surface area (Å²) in [6.07, 6.45) is 7.42. The van der Waals surface area contributed by atoms with Crippen molar-refractivity contribution in [1.82, 2.24) is 14.1 Å². The Bertz CT molecular complexity index is 1150. The molecule has 148 valence electrons. The van der Waals surface area contributed by atoms with E-state index in [2.05, 4.69) is 36.0 Å². The van der Waals surface area contributed by atoms with Gasteiger partial charge in [-0.15, -0.1) is 0 Å². The first-order valence-corrected chi connectivity index (χ1v) is 9.99. The van der Waals surface area contributed by atoms with Crippen molar-refractivity contribution >= 4 is 17.0 Å². The van der Waals surface area contributed by atoms with Crippen molar-refractivity contribution in [2.45, 2.75) is 32.7 Å². The molecule has 0 radical (unpaired) electrons. The number of carboxylic acids is 1. The minimum absolute atomic E-state index is 0.322. The summed E-state index contributed by atoms with van der Waals surface area (Å²) in [5.74, 6) is 0.216. The predicted molar refractivity (Wildman–Crippen MR) is 115 cm³/mol. The lowest BCUT2D eigenvalue weighted by Gasteiger charge is -2.11. The Labute approximate surface area is 170 Å². The number of hydrogen-bond acceptors (Lipinski definition) is 2. The van der Waals surface area contributed by atoms with Crippen LogP contribution in [-0.2, 0) is 20.0 Å². The third-order valence-corrected chi connectivity index (χ3v) is 5.28. The molecule has 5 nitrogen and oxygen atoms in total. The average molecular weight is 387 g/mol. The van der Waals surface area contributed by atoms with Crippen LogP contribution in [0, 0.1) is 0 Å². The molecule has 0 aliphatic heterocycles. The lowest BCUT2D eigenvalue weighted by atomic mass is 9.99. The molecule has 0 amide bonds. The van der Waals surface area contributed by atoms with Crippen LogP contribution in [0.1, 0.15) is 41.5 Å². The summed E-state index contributed by atoms with van der Waals surface area (Å²) in [5.41, 5.74) is 5.33. The van der Waals surface area contributed by atoms with Crippen LogP contribution in [0.3, 0.4) is 0 Å². The molecule has 0 fully saturated rings. The molecule has 0 bridgehead atoms. The van der Waals surface area contributed by atoms with Crippen molar-refractivity contribution in [1.29, 1.82) is 0 Å². The first-order valence-electron chi connectivity index (χ1n) is 9.99. The molecule has 0 spiro atoms. The zero-order chi connectivity index (χ0) is 20.4. The van der Waals surface area contributed by atoms with Crippen LogP contribution in [0.5, 0.6) is 0 Å². The molecule has 2 aromatic heterocycles. The highest BCUT2D eigenvalue weighted by atomic mass is 16.4. The fourth-order valence-electron chi connectivity index (χ4n) is 3.78. The maximum atomic E-state index is 11.5. The summed E-state index contributed by atoms with van der Waals surface area (Å²) in [4.78, 5) is 16.4. The van der Waals surface area contributed by atoms with E-state index in [1.165, 1.54) is 5.56 Å². The molecule has 0 aliphatic rings. The first kappa shape index (κ1) is 19.0. The molecule has 1 N–H and O–H groups in total. The van der Waals surface area contributed by atoms with Crippen LogP contribution in [0.15, 0.2) is 60.9 Å². The van der Waals surface area contributed by atoms with Crippen molar-refractivity contribution in [3.8, 4) is 11.1 Å². The number of rotatable bonds is 7. The Morgan fingerprint density at radius 1 is 1.07 bits per heavy atom. The Kier molecular flexibility index (Phi) is 5.21. The highest BCUT2D eigenvalue weighted by molar-refractivity contribution is 5.96. The topological polar surface area (TPSA) is 60.0 Å². The van der Waals surface area contributed by atoms with Gasteiger partial charge in [-0.1, -0.05) is 55.8 Å². The third-order valence-electron chi connectivity index (χ3n) is 5.28. The molecule has 5 heteroatoms. The fraction of sp³-hybridized carbons (Fsp3) is 0.250. The van der Waals surface area contributed by atoms with Crippen molar-refractivity contribution < 1.29 is 9.90 Å². The van der Waals surface area contributed by atoms with Crippen LogP contribution < -0.4 is 0 Å². The monoisotopic (exact) mass is 387 g/mol. The molecule has 0 saturated heterocycles. The minimum Gasteiger partial charge on any atom is -0.478 e. The van der Waals surface area contributed by atoms with Crippen molar-refractivity contribution in [2.75, 3.05) is 0 Å². The first-order chi connectivity index (χ1) is 14.1. The Morgan fingerprint density at radius 3 is 2.55 bits per heavy atom. The summed E-state index contributed by atoms with van der Waals surface area (Å²) < 4.78 is 4.34. The highest BCUT2D eigenvalue weighted by Crippen LogP contribution is 2.25. The number of carbonyl (C=O) groups is 1. The van der Waals surface area contributed by atoms with Gasteiger partial charge in [0.2, 0.25) is 0 Å². The van der Waals surface area contributed by atoms with Gasteiger partial charge in [0, 0.05) is 32.4 Å². The smallest absolute Gasteiger partial charge is 0.336 e. The number of fused-ring (bicyclic) bond motifs is 1. The van der Waals surface area contributed by atoms with E-state index in [0.717, 1.165) is 53.8 Å². The van der Waals surface area contributed by atoms with Gasteiger partial charge >= 0.3 is 5.97 Å². The van der Waals surface area contributed by atoms with Gasteiger partial charge in [0.15, 0.2) is 0 Å². The van der Waals surface area contributed by atoms with Crippen molar-refractivity contribution in [3.63, 3.8) is 0 Å². The summed E-state index contributed by atoms with van der Waals surface area (Å²) in [6.45, 7) is 2.95. The van der Waals surface area contributed by atoms with E-state index in [0.29, 0.717) is 5.56 Å². The van der Waals surface area contributed by atoms with E-state index in [1.807, 2.05) is 35.9 Å². The molecular formula is C24H25N3O2. The molecule has 0 atom stereocenters. The van der Waals surface area contributed by atoms with Crippen LogP contribution in [0.4, 0.5) is 0 Å². The highest BCUT2D eigenvalue weighted by Gasteiger charge is 2.14. The zero-order valence-corrected chi connectivity index (χ0v) is 16.8. The normalized spacial score (nSPS) is 11.2. The zero-order valence-electron chi connectivity index (χ0n) is 16.8. The van der Waals surface area contributed by atoms with Gasteiger partial charge in [-0.05, 0) is 29.2 Å². The molecular weight excluding hydrogens is 362 g/mol. The molecule has 2 heterocycles. The molecule has 4 aromatic rings. The largest absolute Gasteiger partial charge is 0.478 e. The quantitative estimate of drug-likeness (QED) is 0.478. The number of carboxylic acid groups (broad SMARTS) is 1. The summed E-state index contributed by atoms with van der Waals surface area (Å²) in [7, 11) is 2.02. The number of aromatic carboxylic acids is 1. The van der Waals surface area contributed by atoms with Gasteiger partial charge in [0.25, 0.3) is 0 Å². The van der Waals surface area contributed by atoms with Gasteiger partial charge in [0.1, 0.15) is 11.3 Å². The van der Waals surface area contributed by atoms with E-state index in [1.54, 1.807) is 12.1 Å². The number of benzene rings is 2. The van der Waals surface area contributed by atoms with E-state index in [9.17, 15) is 9.90 Å². The van der Waals surface area contributed by atoms with Crippen LogP contribution >= 0.6 is 0 Å². The molecule has 0 aliphatic carbocycles. The molecule has 0 unspecified atom stereocenters. The number of hydrogen-bond donors (Lipinski definition) is 1. The lowest BCUT2D eigenvalue weighted by molar-refractivity contribution is 0.0697. The number of nitrogens with zero attached hydrogens (tertiary/aromatic N) is 3. The maximum absolute atomic E-state index is 11.5. The van der Waals surface area contributed by atoms with E-state index in [-0.39, 0.29) is 0 Å². The van der Waals surface area contributed by atoms with Gasteiger partial charge in [-0.2, -0.15) is 0 Å². The Morgan fingerprint density at radius 2 is 1.83 bits per heavy atom.